The first-order valence-corrected chi connectivity index (χ1v) is 5.95. The van der Waals surface area contributed by atoms with Crippen molar-refractivity contribution in [2.45, 2.75) is 0 Å². The molecule has 0 aliphatic rings. The van der Waals surface area contributed by atoms with Gasteiger partial charge in [-0.1, -0.05) is 0 Å². The van der Waals surface area contributed by atoms with Crippen LogP contribution in [0.3, 0.4) is 0 Å². The van der Waals surface area contributed by atoms with Crippen LogP contribution in [0.5, 0.6) is 17.2 Å². The Morgan fingerprint density at radius 1 is 0.952 bits per heavy atom. The van der Waals surface area contributed by atoms with E-state index in [1.807, 2.05) is 0 Å². The van der Waals surface area contributed by atoms with Gasteiger partial charge in [0, 0.05) is 17.7 Å². The van der Waals surface area contributed by atoms with Gasteiger partial charge in [-0.3, -0.25) is 4.79 Å². The average Bonchev–Trinajstić information content (AvgIpc) is 2.45. The minimum atomic E-state index is -0.788. The number of aromatic hydroxyl groups is 3. The maximum absolute atomic E-state index is 12.9. The van der Waals surface area contributed by atoms with Gasteiger partial charge >= 0.3 is 0 Å². The maximum Gasteiger partial charge on any atom is 0.201 e. The fraction of sp³-hybridized carbons (Fsp3) is 0. The molecule has 3 rings (SSSR count). The second-order valence-corrected chi connectivity index (χ2v) is 4.45. The summed E-state index contributed by atoms with van der Waals surface area (Å²) in [4.78, 5) is 12.0. The molecule has 0 radical (unpaired) electrons. The van der Waals surface area contributed by atoms with E-state index in [-0.39, 0.29) is 16.7 Å². The van der Waals surface area contributed by atoms with Crippen molar-refractivity contribution in [3.05, 3.63) is 52.4 Å². The van der Waals surface area contributed by atoms with Crippen LogP contribution in [0.1, 0.15) is 0 Å². The average molecular weight is 288 g/mol. The highest BCUT2D eigenvalue weighted by Crippen LogP contribution is 2.40. The van der Waals surface area contributed by atoms with Gasteiger partial charge in [0.25, 0.3) is 0 Å². The van der Waals surface area contributed by atoms with Crippen molar-refractivity contribution in [2.75, 3.05) is 0 Å². The fourth-order valence-corrected chi connectivity index (χ4v) is 2.04. The summed E-state index contributed by atoms with van der Waals surface area (Å²) in [6.45, 7) is 0. The van der Waals surface area contributed by atoms with Crippen LogP contribution in [-0.4, -0.2) is 15.3 Å². The molecule has 3 N–H and O–H groups in total. The molecule has 1 aromatic heterocycles. The largest absolute Gasteiger partial charge is 0.504 e. The van der Waals surface area contributed by atoms with E-state index in [0.29, 0.717) is 5.56 Å². The number of fused-ring (bicyclic) bond motifs is 1. The molecule has 106 valence electrons. The van der Waals surface area contributed by atoms with Crippen LogP contribution in [0.2, 0.25) is 0 Å². The molecule has 0 aliphatic heterocycles. The highest BCUT2D eigenvalue weighted by atomic mass is 19.1. The lowest BCUT2D eigenvalue weighted by Gasteiger charge is -2.07. The summed E-state index contributed by atoms with van der Waals surface area (Å²) in [7, 11) is 0. The van der Waals surface area contributed by atoms with Crippen molar-refractivity contribution in [1.29, 1.82) is 0 Å². The Kier molecular flexibility index (Phi) is 2.79. The van der Waals surface area contributed by atoms with E-state index in [1.165, 1.54) is 24.3 Å². The van der Waals surface area contributed by atoms with Gasteiger partial charge in [0.2, 0.25) is 5.75 Å². The van der Waals surface area contributed by atoms with Crippen molar-refractivity contribution in [2.24, 2.45) is 0 Å². The van der Waals surface area contributed by atoms with Crippen molar-refractivity contribution < 1.29 is 24.1 Å². The number of hydrogen-bond acceptors (Lipinski definition) is 5. The SMILES string of the molecule is O=c1cc(-c2ccc(F)cc2)oc2cc(O)c(O)c(O)c12. The van der Waals surface area contributed by atoms with Crippen LogP contribution in [0.15, 0.2) is 45.6 Å². The summed E-state index contributed by atoms with van der Waals surface area (Å²) < 4.78 is 18.3. The number of benzene rings is 2. The molecule has 3 aromatic rings. The van der Waals surface area contributed by atoms with E-state index in [4.69, 9.17) is 4.42 Å². The van der Waals surface area contributed by atoms with Crippen LogP contribution in [0.4, 0.5) is 4.39 Å². The molecule has 0 amide bonds. The summed E-state index contributed by atoms with van der Waals surface area (Å²) in [5, 5.41) is 28.3. The van der Waals surface area contributed by atoms with Gasteiger partial charge in [0.1, 0.15) is 22.5 Å². The summed E-state index contributed by atoms with van der Waals surface area (Å²) in [5.41, 5.74) is -0.222. The molecule has 1 heterocycles. The number of halogens is 1. The Morgan fingerprint density at radius 2 is 1.62 bits per heavy atom. The molecule has 2 aromatic carbocycles. The van der Waals surface area contributed by atoms with Crippen molar-refractivity contribution in [3.8, 4) is 28.6 Å². The van der Waals surface area contributed by atoms with Crippen LogP contribution in [0.25, 0.3) is 22.3 Å². The molecule has 0 unspecified atom stereocenters. The first-order chi connectivity index (χ1) is 9.97. The Balaban J connectivity index is 2.31. The summed E-state index contributed by atoms with van der Waals surface area (Å²) in [6.07, 6.45) is 0. The van der Waals surface area contributed by atoms with Crippen molar-refractivity contribution in [1.82, 2.24) is 0 Å². The predicted molar refractivity (Wildman–Crippen MR) is 72.9 cm³/mol. The predicted octanol–water partition coefficient (Wildman–Crippen LogP) is 2.72. The van der Waals surface area contributed by atoms with Crippen LogP contribution in [0, 0.1) is 5.82 Å². The first kappa shape index (κ1) is 13.0. The molecule has 5 nitrogen and oxygen atoms in total. The summed E-state index contributed by atoms with van der Waals surface area (Å²) >= 11 is 0. The normalized spacial score (nSPS) is 10.9. The number of phenolic OH excluding ortho intramolecular Hbond substituents is 3. The van der Waals surface area contributed by atoms with E-state index in [1.54, 1.807) is 0 Å². The molecule has 6 heteroatoms. The Labute approximate surface area is 117 Å². The van der Waals surface area contributed by atoms with Gasteiger partial charge in [-0.05, 0) is 24.3 Å². The fourth-order valence-electron chi connectivity index (χ4n) is 2.04. The van der Waals surface area contributed by atoms with E-state index < -0.39 is 28.5 Å². The summed E-state index contributed by atoms with van der Waals surface area (Å²) in [6, 6.07) is 7.43. The van der Waals surface area contributed by atoms with Gasteiger partial charge in [-0.2, -0.15) is 0 Å². The lowest BCUT2D eigenvalue weighted by Crippen LogP contribution is -2.01. The van der Waals surface area contributed by atoms with Crippen LogP contribution in [-0.2, 0) is 0 Å². The molecule has 0 bridgehead atoms. The van der Waals surface area contributed by atoms with E-state index >= 15 is 0 Å². The zero-order chi connectivity index (χ0) is 15.1. The zero-order valence-electron chi connectivity index (χ0n) is 10.5. The third kappa shape index (κ3) is 2.06. The van der Waals surface area contributed by atoms with Gasteiger partial charge in [0.15, 0.2) is 16.9 Å². The number of phenols is 3. The second kappa shape index (κ2) is 4.52. The highest BCUT2D eigenvalue weighted by molar-refractivity contribution is 5.89. The molecular weight excluding hydrogens is 279 g/mol. The Morgan fingerprint density at radius 3 is 2.29 bits per heavy atom. The second-order valence-electron chi connectivity index (χ2n) is 4.45. The Hall–Kier alpha value is -3.02. The van der Waals surface area contributed by atoms with Gasteiger partial charge < -0.3 is 19.7 Å². The quantitative estimate of drug-likeness (QED) is 0.599. The number of hydrogen-bond donors (Lipinski definition) is 3. The standard InChI is InChI=1S/C15H9FO5/c16-8-3-1-7(2-4-8)11-5-9(17)13-12(21-11)6-10(18)14(19)15(13)20/h1-6,18-20H. The molecule has 0 saturated heterocycles. The molecule has 0 spiro atoms. The minimum absolute atomic E-state index is 0.0883. The number of rotatable bonds is 1. The van der Waals surface area contributed by atoms with E-state index in [9.17, 15) is 24.5 Å². The smallest absolute Gasteiger partial charge is 0.201 e. The van der Waals surface area contributed by atoms with Crippen LogP contribution >= 0.6 is 0 Å². The highest BCUT2D eigenvalue weighted by Gasteiger charge is 2.17. The molecule has 0 fully saturated rings. The Bertz CT molecular complexity index is 897. The molecular formula is C15H9FO5. The summed E-state index contributed by atoms with van der Waals surface area (Å²) in [5.74, 6) is -2.42. The van der Waals surface area contributed by atoms with E-state index in [2.05, 4.69) is 0 Å². The van der Waals surface area contributed by atoms with Gasteiger partial charge in [-0.15, -0.1) is 0 Å². The zero-order valence-corrected chi connectivity index (χ0v) is 10.5. The lowest BCUT2D eigenvalue weighted by atomic mass is 10.1. The van der Waals surface area contributed by atoms with Gasteiger partial charge in [0.05, 0.1) is 0 Å². The molecule has 21 heavy (non-hydrogen) atoms. The van der Waals surface area contributed by atoms with Crippen LogP contribution < -0.4 is 5.43 Å². The monoisotopic (exact) mass is 288 g/mol. The molecule has 0 aliphatic carbocycles. The van der Waals surface area contributed by atoms with Crippen molar-refractivity contribution >= 4 is 11.0 Å². The topological polar surface area (TPSA) is 90.9 Å². The van der Waals surface area contributed by atoms with Gasteiger partial charge in [-0.25, -0.2) is 4.39 Å². The van der Waals surface area contributed by atoms with E-state index in [0.717, 1.165) is 12.1 Å². The lowest BCUT2D eigenvalue weighted by molar-refractivity contribution is 0.370. The third-order valence-corrected chi connectivity index (χ3v) is 3.08. The first-order valence-electron chi connectivity index (χ1n) is 5.95. The van der Waals surface area contributed by atoms with Crippen molar-refractivity contribution in [3.63, 3.8) is 0 Å². The maximum atomic E-state index is 12.9. The third-order valence-electron chi connectivity index (χ3n) is 3.08. The minimum Gasteiger partial charge on any atom is -0.504 e. The molecule has 0 saturated carbocycles. The molecule has 0 atom stereocenters.